The van der Waals surface area contributed by atoms with E-state index in [0.29, 0.717) is 5.75 Å². The van der Waals surface area contributed by atoms with Gasteiger partial charge in [-0.15, -0.1) is 0 Å². The summed E-state index contributed by atoms with van der Waals surface area (Å²) >= 11 is 1.45. The van der Waals surface area contributed by atoms with Crippen LogP contribution < -0.4 is 16.4 Å². The minimum Gasteiger partial charge on any atom is -0.480 e. The molecule has 0 aromatic heterocycles. The van der Waals surface area contributed by atoms with Gasteiger partial charge in [0.1, 0.15) is 18.6 Å². The van der Waals surface area contributed by atoms with Crippen molar-refractivity contribution in [1.29, 1.82) is 0 Å². The number of hydrogen-bond donors (Lipinski definition) is 5. The third-order valence-electron chi connectivity index (χ3n) is 4.95. The predicted octanol–water partition coefficient (Wildman–Crippen LogP) is 2.68. The van der Waals surface area contributed by atoms with Crippen LogP contribution >= 0.6 is 11.8 Å². The maximum atomic E-state index is 12.2. The molecule has 2 amide bonds. The van der Waals surface area contributed by atoms with Gasteiger partial charge in [0.15, 0.2) is 0 Å². The quantitative estimate of drug-likeness (QED) is 0.122. The molecule has 0 fully saturated rings. The number of carbonyl (C=O) groups is 4. The van der Waals surface area contributed by atoms with Gasteiger partial charge in [0, 0.05) is 17.9 Å². The minimum atomic E-state index is -1.20. The van der Waals surface area contributed by atoms with E-state index in [1.165, 1.54) is 56.7 Å². The van der Waals surface area contributed by atoms with Crippen LogP contribution in [0.15, 0.2) is 12.2 Å². The number of allylic oxidation sites excluding steroid dienone is 1. The number of unbranched alkanes of at least 4 members (excludes halogenated alkanes) is 8. The molecule has 10 heteroatoms. The number of thioether (sulfide) groups is 1. The molecule has 0 aliphatic heterocycles. The topological polar surface area (TPSA) is 159 Å². The first-order valence-corrected chi connectivity index (χ1v) is 12.9. The first kappa shape index (κ1) is 30.9. The fourth-order valence-electron chi connectivity index (χ4n) is 2.98. The van der Waals surface area contributed by atoms with E-state index in [4.69, 9.17) is 15.9 Å². The molecule has 0 spiro atoms. The summed E-state index contributed by atoms with van der Waals surface area (Å²) < 4.78 is 0. The van der Waals surface area contributed by atoms with E-state index < -0.39 is 42.4 Å². The lowest BCUT2D eigenvalue weighted by Crippen LogP contribution is -2.49. The van der Waals surface area contributed by atoms with Gasteiger partial charge in [-0.1, -0.05) is 64.0 Å². The number of hydrogen-bond acceptors (Lipinski definition) is 6. The first-order valence-electron chi connectivity index (χ1n) is 11.8. The third kappa shape index (κ3) is 19.1. The molecule has 0 bridgehead atoms. The fourth-order valence-corrected chi connectivity index (χ4v) is 3.86. The van der Waals surface area contributed by atoms with Crippen molar-refractivity contribution < 1.29 is 29.4 Å². The van der Waals surface area contributed by atoms with Gasteiger partial charge >= 0.3 is 11.9 Å². The molecule has 6 N–H and O–H groups in total. The zero-order valence-electron chi connectivity index (χ0n) is 19.7. The maximum Gasteiger partial charge on any atom is 0.322 e. The van der Waals surface area contributed by atoms with Gasteiger partial charge in [-0.2, -0.15) is 11.8 Å². The average Bonchev–Trinajstić information content (AvgIpc) is 2.77. The zero-order valence-corrected chi connectivity index (χ0v) is 20.5. The lowest BCUT2D eigenvalue weighted by Gasteiger charge is -2.18. The molecule has 0 rings (SSSR count). The molecule has 33 heavy (non-hydrogen) atoms. The van der Waals surface area contributed by atoms with Crippen molar-refractivity contribution in [3.63, 3.8) is 0 Å². The van der Waals surface area contributed by atoms with Gasteiger partial charge in [-0.05, 0) is 19.3 Å². The number of nitrogens with two attached hydrogens (primary N) is 1. The second-order valence-electron chi connectivity index (χ2n) is 7.99. The molecule has 0 saturated heterocycles. The van der Waals surface area contributed by atoms with Crippen molar-refractivity contribution in [3.05, 3.63) is 12.2 Å². The molecule has 0 unspecified atom stereocenters. The zero-order chi connectivity index (χ0) is 24.9. The largest absolute Gasteiger partial charge is 0.480 e. The monoisotopic (exact) mass is 487 g/mol. The van der Waals surface area contributed by atoms with Gasteiger partial charge in [0.2, 0.25) is 11.8 Å². The smallest absolute Gasteiger partial charge is 0.322 e. The van der Waals surface area contributed by atoms with Crippen LogP contribution in [0.2, 0.25) is 0 Å². The van der Waals surface area contributed by atoms with Crippen LogP contribution in [0.25, 0.3) is 0 Å². The van der Waals surface area contributed by atoms with Gasteiger partial charge in [-0.25, -0.2) is 0 Å². The molecule has 2 atom stereocenters. The third-order valence-corrected chi connectivity index (χ3v) is 5.95. The van der Waals surface area contributed by atoms with Crippen molar-refractivity contribution in [1.82, 2.24) is 10.6 Å². The molecule has 190 valence electrons. The Morgan fingerprint density at radius 1 is 0.970 bits per heavy atom. The molecule has 0 radical (unpaired) electrons. The summed E-state index contributed by atoms with van der Waals surface area (Å²) in [7, 11) is 0. The summed E-state index contributed by atoms with van der Waals surface area (Å²) in [6.45, 7) is 1.68. The number of rotatable bonds is 21. The summed E-state index contributed by atoms with van der Waals surface area (Å²) in [5, 5.41) is 22.3. The Kier molecular flexibility index (Phi) is 19.2. The van der Waals surface area contributed by atoms with Crippen LogP contribution in [0.5, 0.6) is 0 Å². The highest BCUT2D eigenvalue weighted by Crippen LogP contribution is 2.10. The standard InChI is InChI=1S/C23H41N3O6S/c1-2-3-4-5-6-7-8-9-10-11-12-15-33-17-19(22(30)25-16-21(28)29)26-20(27)14-13-18(24)23(31)32/h11-12,18-19H,2-10,13-17,24H2,1H3,(H,25,30)(H,26,27)(H,28,29)(H,31,32)/b12-11+/t18-,19-/m0/s1. The van der Waals surface area contributed by atoms with Crippen molar-refractivity contribution in [3.8, 4) is 0 Å². The van der Waals surface area contributed by atoms with E-state index in [1.54, 1.807) is 0 Å². The van der Waals surface area contributed by atoms with Crippen LogP contribution in [0.3, 0.4) is 0 Å². The summed E-state index contributed by atoms with van der Waals surface area (Å²) in [5.41, 5.74) is 5.39. The van der Waals surface area contributed by atoms with Crippen LogP contribution in [0.4, 0.5) is 0 Å². The minimum absolute atomic E-state index is 0.0563. The van der Waals surface area contributed by atoms with Gasteiger partial charge in [-0.3, -0.25) is 19.2 Å². The van der Waals surface area contributed by atoms with Gasteiger partial charge < -0.3 is 26.6 Å². The molecule has 0 aliphatic carbocycles. The number of carboxylic acids is 2. The van der Waals surface area contributed by atoms with Gasteiger partial charge in [0.05, 0.1) is 0 Å². The van der Waals surface area contributed by atoms with Crippen molar-refractivity contribution >= 4 is 35.5 Å². The highest BCUT2D eigenvalue weighted by atomic mass is 32.2. The Labute approximate surface area is 201 Å². The van der Waals surface area contributed by atoms with Gasteiger partial charge in [0.25, 0.3) is 0 Å². The van der Waals surface area contributed by atoms with E-state index >= 15 is 0 Å². The first-order chi connectivity index (χ1) is 15.8. The molecule has 0 aromatic carbocycles. The molecular formula is C23H41N3O6S. The lowest BCUT2D eigenvalue weighted by atomic mass is 10.1. The summed E-state index contributed by atoms with van der Waals surface area (Å²) in [6, 6.07) is -2.07. The summed E-state index contributed by atoms with van der Waals surface area (Å²) in [4.78, 5) is 45.8. The molecule has 9 nitrogen and oxygen atoms in total. The number of carbonyl (C=O) groups excluding carboxylic acids is 2. The Bertz CT molecular complexity index is 615. The lowest BCUT2D eigenvalue weighted by molar-refractivity contribution is -0.139. The summed E-state index contributed by atoms with van der Waals surface area (Å²) in [6.07, 6.45) is 15.2. The van der Waals surface area contributed by atoms with E-state index in [9.17, 15) is 19.2 Å². The average molecular weight is 488 g/mol. The highest BCUT2D eigenvalue weighted by Gasteiger charge is 2.22. The molecule has 0 heterocycles. The Hall–Kier alpha value is -2.07. The maximum absolute atomic E-state index is 12.2. The van der Waals surface area contributed by atoms with Crippen molar-refractivity contribution in [2.24, 2.45) is 5.73 Å². The summed E-state index contributed by atoms with van der Waals surface area (Å²) in [5.74, 6) is -2.55. The molecule has 0 aromatic rings. The van der Waals surface area contributed by atoms with Crippen molar-refractivity contribution in [2.45, 2.75) is 89.6 Å². The molecular weight excluding hydrogens is 446 g/mol. The van der Waals surface area contributed by atoms with E-state index in [1.807, 2.05) is 6.08 Å². The number of nitrogens with one attached hydrogen (secondary N) is 2. The Morgan fingerprint density at radius 3 is 2.21 bits per heavy atom. The van der Waals surface area contributed by atoms with Crippen LogP contribution in [0, 0.1) is 0 Å². The highest BCUT2D eigenvalue weighted by molar-refractivity contribution is 7.99. The SMILES string of the molecule is CCCCCCCCCC/C=C/CSC[C@H](NC(=O)CC[C@H](N)C(=O)O)C(=O)NCC(=O)O. The van der Waals surface area contributed by atoms with E-state index in [2.05, 4.69) is 23.6 Å². The Balaban J connectivity index is 4.24. The Morgan fingerprint density at radius 2 is 1.61 bits per heavy atom. The number of aliphatic carboxylic acids is 2. The molecule has 0 saturated carbocycles. The van der Waals surface area contributed by atoms with Crippen LogP contribution in [-0.4, -0.2) is 64.1 Å². The van der Waals surface area contributed by atoms with Crippen LogP contribution in [-0.2, 0) is 19.2 Å². The van der Waals surface area contributed by atoms with Crippen molar-refractivity contribution in [2.75, 3.05) is 18.1 Å². The van der Waals surface area contributed by atoms with E-state index in [-0.39, 0.29) is 18.6 Å². The number of carboxylic acid groups (broad SMARTS) is 2. The van der Waals surface area contributed by atoms with Crippen LogP contribution in [0.1, 0.15) is 77.6 Å². The molecule has 0 aliphatic rings. The second-order valence-corrected chi connectivity index (χ2v) is 9.06. The fraction of sp³-hybridized carbons (Fsp3) is 0.739. The number of amides is 2. The predicted molar refractivity (Wildman–Crippen MR) is 131 cm³/mol. The normalized spacial score (nSPS) is 12.9. The second kappa shape index (κ2) is 20.5. The van der Waals surface area contributed by atoms with E-state index in [0.717, 1.165) is 12.8 Å².